The number of carbonyl (C=O) groups excluding carboxylic acids is 2. The lowest BCUT2D eigenvalue weighted by molar-refractivity contribution is -0.139. The molecular formula is C17H15BrN2O7S. The second-order valence-electron chi connectivity index (χ2n) is 5.57. The number of aromatic carboxylic acids is 1. The third-order valence-corrected chi connectivity index (χ3v) is 5.75. The third-order valence-electron chi connectivity index (χ3n) is 3.53. The van der Waals surface area contributed by atoms with E-state index in [1.807, 2.05) is 0 Å². The Labute approximate surface area is 171 Å². The first-order chi connectivity index (χ1) is 13.1. The van der Waals surface area contributed by atoms with Crippen LogP contribution in [0.15, 0.2) is 28.7 Å². The number of carboxylic acid groups (broad SMARTS) is 2. The van der Waals surface area contributed by atoms with E-state index >= 15 is 0 Å². The molecule has 0 saturated carbocycles. The van der Waals surface area contributed by atoms with E-state index in [-0.39, 0.29) is 16.2 Å². The zero-order chi connectivity index (χ0) is 21.0. The number of aliphatic carboxylic acids is 1. The number of nitrogens with one attached hydrogen (secondary N) is 1. The van der Waals surface area contributed by atoms with E-state index in [9.17, 15) is 24.3 Å². The minimum absolute atomic E-state index is 0.0768. The van der Waals surface area contributed by atoms with Crippen LogP contribution in [0.3, 0.4) is 0 Å². The topological polar surface area (TPSA) is 156 Å². The van der Waals surface area contributed by atoms with Crippen molar-refractivity contribution in [3.63, 3.8) is 0 Å². The number of ether oxygens (including phenoxy) is 1. The average molecular weight is 471 g/mol. The van der Waals surface area contributed by atoms with E-state index in [1.165, 1.54) is 19.1 Å². The van der Waals surface area contributed by atoms with Crippen LogP contribution in [0.5, 0.6) is 5.75 Å². The van der Waals surface area contributed by atoms with Crippen LogP contribution >= 0.6 is 27.3 Å². The van der Waals surface area contributed by atoms with Gasteiger partial charge >= 0.3 is 11.9 Å². The normalized spacial score (nSPS) is 11.5. The Morgan fingerprint density at radius 2 is 1.82 bits per heavy atom. The number of hydrogen-bond acceptors (Lipinski definition) is 6. The van der Waals surface area contributed by atoms with E-state index in [2.05, 4.69) is 21.2 Å². The highest BCUT2D eigenvalue weighted by molar-refractivity contribution is 9.10. The summed E-state index contributed by atoms with van der Waals surface area (Å²) in [4.78, 5) is 45.6. The van der Waals surface area contributed by atoms with Crippen LogP contribution in [0, 0.1) is 0 Å². The molecule has 2 amide bonds. The summed E-state index contributed by atoms with van der Waals surface area (Å²) in [5.41, 5.74) is 5.98. The van der Waals surface area contributed by atoms with Gasteiger partial charge in [-0.15, -0.1) is 11.3 Å². The maximum absolute atomic E-state index is 12.1. The van der Waals surface area contributed by atoms with Gasteiger partial charge in [0.1, 0.15) is 6.04 Å². The highest BCUT2D eigenvalue weighted by Gasteiger charge is 2.24. The summed E-state index contributed by atoms with van der Waals surface area (Å²) in [7, 11) is 0. The molecule has 2 rings (SSSR count). The molecule has 1 heterocycles. The van der Waals surface area contributed by atoms with Gasteiger partial charge in [0, 0.05) is 5.56 Å². The minimum Gasteiger partial charge on any atom is -0.479 e. The van der Waals surface area contributed by atoms with Gasteiger partial charge in [0.05, 0.1) is 9.35 Å². The number of rotatable bonds is 8. The molecule has 148 valence electrons. The standard InChI is InChI=1S/C17H15BrN2O7S/c1-7(15(19)23)20-16(24)9-4-2-8(3-5-9)13-11(18)12(27-6-10(21)22)14(28-13)17(25)26/h2-5,7H,6H2,1H3,(H2,19,23)(H,20,24)(H,21,22)(H,25,26). The Morgan fingerprint density at radius 1 is 1.21 bits per heavy atom. The maximum Gasteiger partial charge on any atom is 0.349 e. The SMILES string of the molecule is CC(NC(=O)c1ccc(-c2sc(C(=O)O)c(OCC(=O)O)c2Br)cc1)C(N)=O. The summed E-state index contributed by atoms with van der Waals surface area (Å²) in [6, 6.07) is 5.36. The van der Waals surface area contributed by atoms with Gasteiger partial charge in [0.2, 0.25) is 5.91 Å². The molecule has 0 bridgehead atoms. The quantitative estimate of drug-likeness (QED) is 0.458. The van der Waals surface area contributed by atoms with Crippen molar-refractivity contribution in [1.82, 2.24) is 5.32 Å². The van der Waals surface area contributed by atoms with Crippen LogP contribution in [-0.2, 0) is 9.59 Å². The van der Waals surface area contributed by atoms with E-state index in [1.54, 1.807) is 12.1 Å². The lowest BCUT2D eigenvalue weighted by Crippen LogP contribution is -2.42. The summed E-state index contributed by atoms with van der Waals surface area (Å²) in [6.45, 7) is 0.773. The molecule has 0 aliphatic carbocycles. The van der Waals surface area contributed by atoms with Crippen molar-refractivity contribution in [3.8, 4) is 16.2 Å². The Kier molecular flexibility index (Phi) is 6.75. The number of carboxylic acids is 2. The predicted molar refractivity (Wildman–Crippen MR) is 104 cm³/mol. The Bertz CT molecular complexity index is 940. The van der Waals surface area contributed by atoms with Crippen molar-refractivity contribution < 1.29 is 34.1 Å². The minimum atomic E-state index is -1.26. The Hall–Kier alpha value is -2.92. The van der Waals surface area contributed by atoms with Crippen LogP contribution in [0.1, 0.15) is 27.0 Å². The molecule has 0 aliphatic heterocycles. The predicted octanol–water partition coefficient (Wildman–Crippen LogP) is 1.94. The third kappa shape index (κ3) is 4.87. The molecule has 28 heavy (non-hydrogen) atoms. The Balaban J connectivity index is 2.31. The fourth-order valence-corrected chi connectivity index (χ4v) is 4.01. The Morgan fingerprint density at radius 3 is 2.32 bits per heavy atom. The zero-order valence-corrected chi connectivity index (χ0v) is 16.8. The van der Waals surface area contributed by atoms with Gasteiger partial charge in [0.15, 0.2) is 17.2 Å². The van der Waals surface area contributed by atoms with Gasteiger partial charge in [-0.25, -0.2) is 9.59 Å². The molecule has 9 nitrogen and oxygen atoms in total. The molecule has 0 fully saturated rings. The number of nitrogens with two attached hydrogens (primary N) is 1. The van der Waals surface area contributed by atoms with Gasteiger partial charge in [-0.3, -0.25) is 9.59 Å². The molecule has 2 aromatic rings. The average Bonchev–Trinajstić information content (AvgIpc) is 2.96. The maximum atomic E-state index is 12.1. The number of halogens is 1. The first kappa shape index (κ1) is 21.4. The molecular weight excluding hydrogens is 456 g/mol. The molecule has 0 aliphatic rings. The van der Waals surface area contributed by atoms with Crippen molar-refractivity contribution in [2.24, 2.45) is 5.73 Å². The van der Waals surface area contributed by atoms with Gasteiger partial charge in [0.25, 0.3) is 5.91 Å². The number of carbonyl (C=O) groups is 4. The second-order valence-corrected chi connectivity index (χ2v) is 7.38. The van der Waals surface area contributed by atoms with Gasteiger partial charge in [-0.05, 0) is 40.5 Å². The molecule has 1 atom stereocenters. The molecule has 11 heteroatoms. The van der Waals surface area contributed by atoms with Crippen molar-refractivity contribution in [1.29, 1.82) is 0 Å². The first-order valence-electron chi connectivity index (χ1n) is 7.72. The smallest absolute Gasteiger partial charge is 0.349 e. The summed E-state index contributed by atoms with van der Waals surface area (Å²) in [5.74, 6) is -3.72. The molecule has 5 N–H and O–H groups in total. The summed E-state index contributed by atoms with van der Waals surface area (Å²) >= 11 is 4.15. The lowest BCUT2D eigenvalue weighted by Gasteiger charge is -2.10. The van der Waals surface area contributed by atoms with Crippen LogP contribution in [-0.4, -0.2) is 46.6 Å². The van der Waals surface area contributed by atoms with Gasteiger partial charge in [-0.2, -0.15) is 0 Å². The van der Waals surface area contributed by atoms with Crippen LogP contribution in [0.25, 0.3) is 10.4 Å². The van der Waals surface area contributed by atoms with Crippen molar-refractivity contribution in [2.75, 3.05) is 6.61 Å². The van der Waals surface area contributed by atoms with Crippen LogP contribution < -0.4 is 15.8 Å². The van der Waals surface area contributed by atoms with Crippen molar-refractivity contribution >= 4 is 51.0 Å². The van der Waals surface area contributed by atoms with Crippen LogP contribution in [0.4, 0.5) is 0 Å². The van der Waals surface area contributed by atoms with Crippen molar-refractivity contribution in [3.05, 3.63) is 39.2 Å². The molecule has 0 saturated heterocycles. The van der Waals surface area contributed by atoms with E-state index in [0.29, 0.717) is 14.9 Å². The van der Waals surface area contributed by atoms with E-state index in [4.69, 9.17) is 15.6 Å². The molecule has 0 radical (unpaired) electrons. The molecule has 1 unspecified atom stereocenters. The highest BCUT2D eigenvalue weighted by atomic mass is 79.9. The second kappa shape index (κ2) is 8.85. The van der Waals surface area contributed by atoms with Gasteiger partial charge < -0.3 is 26.0 Å². The fourth-order valence-electron chi connectivity index (χ4n) is 2.11. The first-order valence-corrected chi connectivity index (χ1v) is 9.33. The summed E-state index contributed by atoms with van der Waals surface area (Å²) < 4.78 is 5.40. The van der Waals surface area contributed by atoms with E-state index in [0.717, 1.165) is 11.3 Å². The molecule has 1 aromatic carbocycles. The fraction of sp³-hybridized carbons (Fsp3) is 0.176. The zero-order valence-electron chi connectivity index (χ0n) is 14.4. The highest BCUT2D eigenvalue weighted by Crippen LogP contribution is 2.45. The van der Waals surface area contributed by atoms with Gasteiger partial charge in [-0.1, -0.05) is 12.1 Å². The molecule has 0 spiro atoms. The summed E-state index contributed by atoms with van der Waals surface area (Å²) in [5, 5.41) is 20.5. The number of hydrogen-bond donors (Lipinski definition) is 4. The largest absolute Gasteiger partial charge is 0.479 e. The number of primary amides is 1. The molecule has 1 aromatic heterocycles. The number of benzene rings is 1. The van der Waals surface area contributed by atoms with Crippen molar-refractivity contribution in [2.45, 2.75) is 13.0 Å². The lowest BCUT2D eigenvalue weighted by atomic mass is 10.1. The number of thiophene rings is 1. The monoisotopic (exact) mass is 470 g/mol. The van der Waals surface area contributed by atoms with Crippen LogP contribution in [0.2, 0.25) is 0 Å². The summed E-state index contributed by atoms with van der Waals surface area (Å²) in [6.07, 6.45) is 0. The van der Waals surface area contributed by atoms with E-state index < -0.39 is 36.4 Å². The number of amides is 2.